The number of alkyl halides is 3. The topological polar surface area (TPSA) is 70.2 Å². The minimum absolute atomic E-state index is 0.179. The minimum Gasteiger partial charge on any atom is -0.376 e. The number of hydrogen-bond donors (Lipinski definition) is 3. The molecule has 0 radical (unpaired) electrons. The van der Waals surface area contributed by atoms with Crippen molar-refractivity contribution in [2.45, 2.75) is 19.1 Å². The zero-order chi connectivity index (χ0) is 23.1. The number of nitrogens with one attached hydrogen (secondary N) is 3. The Bertz CT molecular complexity index is 1090. The number of anilines is 2. The summed E-state index contributed by atoms with van der Waals surface area (Å²) < 4.78 is 38.4. The first-order valence-electron chi connectivity index (χ1n) is 9.89. The van der Waals surface area contributed by atoms with E-state index in [1.165, 1.54) is 18.2 Å². The first kappa shape index (κ1) is 22.9. The van der Waals surface area contributed by atoms with Gasteiger partial charge in [-0.15, -0.1) is 0 Å². The molecule has 0 aliphatic heterocycles. The van der Waals surface area contributed by atoms with Crippen molar-refractivity contribution in [3.8, 4) is 0 Å². The Morgan fingerprint density at radius 3 is 2.28 bits per heavy atom. The third-order valence-electron chi connectivity index (χ3n) is 4.70. The predicted molar refractivity (Wildman–Crippen MR) is 117 cm³/mol. The highest BCUT2D eigenvalue weighted by Gasteiger charge is 2.30. The number of hydrogen-bond acceptors (Lipinski definition) is 3. The van der Waals surface area contributed by atoms with Crippen molar-refractivity contribution in [3.05, 3.63) is 95.6 Å². The van der Waals surface area contributed by atoms with Crippen molar-refractivity contribution in [2.24, 2.45) is 0 Å². The average Bonchev–Trinajstić information content (AvgIpc) is 2.78. The van der Waals surface area contributed by atoms with Crippen molar-refractivity contribution in [1.29, 1.82) is 0 Å². The summed E-state index contributed by atoms with van der Waals surface area (Å²) in [5, 5.41) is 8.20. The van der Waals surface area contributed by atoms with E-state index in [-0.39, 0.29) is 24.2 Å². The lowest BCUT2D eigenvalue weighted by molar-refractivity contribution is -0.137. The van der Waals surface area contributed by atoms with Crippen LogP contribution >= 0.6 is 0 Å². The fourth-order valence-electron chi connectivity index (χ4n) is 3.04. The third-order valence-corrected chi connectivity index (χ3v) is 4.70. The molecule has 2 amide bonds. The molecule has 1 atom stereocenters. The Kier molecular flexibility index (Phi) is 7.14. The standard InChI is InChI=1S/C24H22F3N3O2/c1-16(17-7-3-2-4-8-17)29-23(32)18-9-5-12-21(13-18)30-22(31)15-28-20-11-6-10-19(14-20)24(25,26)27/h2-14,16,28H,15H2,1H3,(H,29,32)(H,30,31). The lowest BCUT2D eigenvalue weighted by atomic mass is 10.1. The zero-order valence-electron chi connectivity index (χ0n) is 17.2. The van der Waals surface area contributed by atoms with Crippen LogP contribution in [0.1, 0.15) is 34.5 Å². The van der Waals surface area contributed by atoms with E-state index in [0.717, 1.165) is 17.7 Å². The lowest BCUT2D eigenvalue weighted by Crippen LogP contribution is -2.27. The van der Waals surface area contributed by atoms with E-state index in [1.807, 2.05) is 37.3 Å². The summed E-state index contributed by atoms with van der Waals surface area (Å²) in [6, 6.07) is 20.3. The van der Waals surface area contributed by atoms with E-state index >= 15 is 0 Å². The molecule has 0 bridgehead atoms. The van der Waals surface area contributed by atoms with Crippen LogP contribution in [0.2, 0.25) is 0 Å². The van der Waals surface area contributed by atoms with Gasteiger partial charge in [0.05, 0.1) is 18.2 Å². The van der Waals surface area contributed by atoms with Crippen LogP contribution in [0.25, 0.3) is 0 Å². The SMILES string of the molecule is CC(NC(=O)c1cccc(NC(=O)CNc2cccc(C(F)(F)F)c2)c1)c1ccccc1. The molecule has 5 nitrogen and oxygen atoms in total. The second-order valence-electron chi connectivity index (χ2n) is 7.17. The summed E-state index contributed by atoms with van der Waals surface area (Å²) >= 11 is 0. The van der Waals surface area contributed by atoms with Crippen LogP contribution in [0.5, 0.6) is 0 Å². The molecule has 0 heterocycles. The van der Waals surface area contributed by atoms with Crippen LogP contribution in [0.3, 0.4) is 0 Å². The molecule has 0 saturated carbocycles. The highest BCUT2D eigenvalue weighted by molar-refractivity contribution is 5.98. The largest absolute Gasteiger partial charge is 0.416 e. The van der Waals surface area contributed by atoms with Gasteiger partial charge in [0.15, 0.2) is 0 Å². The number of benzene rings is 3. The van der Waals surface area contributed by atoms with Crippen LogP contribution in [0.15, 0.2) is 78.9 Å². The van der Waals surface area contributed by atoms with Crippen LogP contribution in [-0.4, -0.2) is 18.4 Å². The molecule has 0 fully saturated rings. The molecule has 3 aromatic rings. The summed E-state index contributed by atoms with van der Waals surface area (Å²) in [6.07, 6.45) is -4.46. The molecule has 0 aliphatic carbocycles. The van der Waals surface area contributed by atoms with Crippen LogP contribution in [0.4, 0.5) is 24.5 Å². The molecular weight excluding hydrogens is 419 g/mol. The van der Waals surface area contributed by atoms with Gasteiger partial charge < -0.3 is 16.0 Å². The van der Waals surface area contributed by atoms with Crippen molar-refractivity contribution in [2.75, 3.05) is 17.2 Å². The third kappa shape index (κ3) is 6.34. The smallest absolute Gasteiger partial charge is 0.376 e. The molecule has 166 valence electrons. The molecule has 0 saturated heterocycles. The summed E-state index contributed by atoms with van der Waals surface area (Å²) in [7, 11) is 0. The Morgan fingerprint density at radius 2 is 1.56 bits per heavy atom. The second-order valence-corrected chi connectivity index (χ2v) is 7.17. The molecule has 32 heavy (non-hydrogen) atoms. The summed E-state index contributed by atoms with van der Waals surface area (Å²) in [4.78, 5) is 24.8. The number of amides is 2. The average molecular weight is 441 g/mol. The summed E-state index contributed by atoms with van der Waals surface area (Å²) in [5.74, 6) is -0.753. The lowest BCUT2D eigenvalue weighted by Gasteiger charge is -2.15. The summed E-state index contributed by atoms with van der Waals surface area (Å²) in [5.41, 5.74) is 1.12. The molecule has 3 aromatic carbocycles. The maximum Gasteiger partial charge on any atom is 0.416 e. The van der Waals surface area contributed by atoms with Crippen molar-refractivity contribution in [3.63, 3.8) is 0 Å². The van der Waals surface area contributed by atoms with Crippen LogP contribution < -0.4 is 16.0 Å². The van der Waals surface area contributed by atoms with E-state index in [4.69, 9.17) is 0 Å². The minimum atomic E-state index is -4.46. The summed E-state index contributed by atoms with van der Waals surface area (Å²) in [6.45, 7) is 1.64. The van der Waals surface area contributed by atoms with Gasteiger partial charge in [0, 0.05) is 16.9 Å². The van der Waals surface area contributed by atoms with Crippen molar-refractivity contribution >= 4 is 23.2 Å². The van der Waals surface area contributed by atoms with Gasteiger partial charge in [-0.25, -0.2) is 0 Å². The van der Waals surface area contributed by atoms with Gasteiger partial charge >= 0.3 is 6.18 Å². The van der Waals surface area contributed by atoms with Crippen LogP contribution in [0, 0.1) is 0 Å². The molecule has 1 unspecified atom stereocenters. The predicted octanol–water partition coefficient (Wildman–Crippen LogP) is 5.25. The quantitative estimate of drug-likeness (QED) is 0.469. The molecule has 3 N–H and O–H groups in total. The van der Waals surface area contributed by atoms with Gasteiger partial charge in [-0.05, 0) is 48.9 Å². The van der Waals surface area contributed by atoms with E-state index < -0.39 is 17.6 Å². The fraction of sp³-hybridized carbons (Fsp3) is 0.167. The molecule has 0 spiro atoms. The molecule has 0 aromatic heterocycles. The Morgan fingerprint density at radius 1 is 0.875 bits per heavy atom. The molecule has 3 rings (SSSR count). The normalized spacial score (nSPS) is 12.0. The van der Waals surface area contributed by atoms with E-state index in [0.29, 0.717) is 11.3 Å². The maximum atomic E-state index is 12.8. The van der Waals surface area contributed by atoms with Crippen molar-refractivity contribution in [1.82, 2.24) is 5.32 Å². The van der Waals surface area contributed by atoms with Gasteiger partial charge in [-0.2, -0.15) is 13.2 Å². The first-order chi connectivity index (χ1) is 15.2. The fourth-order valence-corrected chi connectivity index (χ4v) is 3.04. The van der Waals surface area contributed by atoms with E-state index in [1.54, 1.807) is 18.2 Å². The number of carbonyl (C=O) groups excluding carboxylic acids is 2. The van der Waals surface area contributed by atoms with Crippen molar-refractivity contribution < 1.29 is 22.8 Å². The second kappa shape index (κ2) is 10.00. The molecular formula is C24H22F3N3O2. The van der Waals surface area contributed by atoms with Crippen LogP contribution in [-0.2, 0) is 11.0 Å². The van der Waals surface area contributed by atoms with E-state index in [9.17, 15) is 22.8 Å². The first-order valence-corrected chi connectivity index (χ1v) is 9.89. The maximum absolute atomic E-state index is 12.8. The highest BCUT2D eigenvalue weighted by Crippen LogP contribution is 2.30. The number of rotatable bonds is 7. The Hall–Kier alpha value is -3.81. The Balaban J connectivity index is 1.57. The van der Waals surface area contributed by atoms with E-state index in [2.05, 4.69) is 16.0 Å². The zero-order valence-corrected chi connectivity index (χ0v) is 17.2. The monoisotopic (exact) mass is 441 g/mol. The van der Waals surface area contributed by atoms with Gasteiger partial charge in [0.2, 0.25) is 5.91 Å². The van der Waals surface area contributed by atoms with Gasteiger partial charge in [0.25, 0.3) is 5.91 Å². The number of carbonyl (C=O) groups is 2. The van der Waals surface area contributed by atoms with Gasteiger partial charge in [-0.3, -0.25) is 9.59 Å². The highest BCUT2D eigenvalue weighted by atomic mass is 19.4. The molecule has 8 heteroatoms. The van der Waals surface area contributed by atoms with Gasteiger partial charge in [-0.1, -0.05) is 42.5 Å². The molecule has 0 aliphatic rings. The Labute approximate surface area is 183 Å². The van der Waals surface area contributed by atoms with Gasteiger partial charge in [0.1, 0.15) is 0 Å². The number of halogens is 3.